The van der Waals surface area contributed by atoms with E-state index < -0.39 is 0 Å². The van der Waals surface area contributed by atoms with Crippen LogP contribution in [0.4, 0.5) is 0 Å². The molecule has 0 atom stereocenters. The van der Waals surface area contributed by atoms with E-state index in [4.69, 9.17) is 21.7 Å². The zero-order valence-corrected chi connectivity index (χ0v) is 12.1. The molecule has 0 radical (unpaired) electrons. The van der Waals surface area contributed by atoms with Gasteiger partial charge in [0, 0.05) is 5.56 Å². The topological polar surface area (TPSA) is 84.7 Å². The van der Waals surface area contributed by atoms with Crippen LogP contribution in [-0.2, 0) is 0 Å². The number of aromatic nitrogens is 3. The summed E-state index contributed by atoms with van der Waals surface area (Å²) in [5.41, 5.74) is 0.694. The Morgan fingerprint density at radius 1 is 1.35 bits per heavy atom. The van der Waals surface area contributed by atoms with Gasteiger partial charge in [-0.3, -0.25) is 5.10 Å². The molecule has 0 aliphatic carbocycles. The van der Waals surface area contributed by atoms with Gasteiger partial charge in [0.2, 0.25) is 10.5 Å². The Morgan fingerprint density at radius 2 is 1.95 bits per heavy atom. The molecule has 1 aromatic heterocycles. The van der Waals surface area contributed by atoms with Crippen molar-refractivity contribution in [3.63, 3.8) is 0 Å². The average molecular weight is 294 g/mol. The first-order chi connectivity index (χ1) is 9.56. The van der Waals surface area contributed by atoms with Crippen LogP contribution in [0.25, 0.3) is 0 Å². The normalized spacial score (nSPS) is 10.9. The summed E-state index contributed by atoms with van der Waals surface area (Å²) in [5.74, 6) is 1.20. The maximum Gasteiger partial charge on any atom is 0.216 e. The number of aromatic amines is 1. The molecule has 0 bridgehead atoms. The Kier molecular flexibility index (Phi) is 4.04. The molecule has 7 nitrogen and oxygen atoms in total. The first kappa shape index (κ1) is 14.1. The predicted octanol–water partition coefficient (Wildman–Crippen LogP) is 1.85. The molecule has 2 rings (SSSR count). The van der Waals surface area contributed by atoms with Crippen LogP contribution in [0, 0.1) is 11.7 Å². The SMILES string of the molecule is COc1cc(/C=N\n2c(C)n[nH]c2=S)cc(OC)c1O. The highest BCUT2D eigenvalue weighted by Crippen LogP contribution is 2.36. The number of nitrogens with zero attached hydrogens (tertiary/aromatic N) is 3. The largest absolute Gasteiger partial charge is 0.502 e. The number of phenols is 1. The summed E-state index contributed by atoms with van der Waals surface area (Å²) in [6, 6.07) is 3.28. The zero-order valence-electron chi connectivity index (χ0n) is 11.2. The molecule has 2 N–H and O–H groups in total. The lowest BCUT2D eigenvalue weighted by Crippen LogP contribution is -1.96. The summed E-state index contributed by atoms with van der Waals surface area (Å²) in [6.07, 6.45) is 1.57. The van der Waals surface area contributed by atoms with E-state index >= 15 is 0 Å². The van der Waals surface area contributed by atoms with E-state index in [-0.39, 0.29) is 5.75 Å². The van der Waals surface area contributed by atoms with Gasteiger partial charge in [-0.05, 0) is 31.3 Å². The summed E-state index contributed by atoms with van der Waals surface area (Å²) in [6.45, 7) is 1.78. The molecule has 1 aromatic carbocycles. The van der Waals surface area contributed by atoms with Crippen molar-refractivity contribution in [3.05, 3.63) is 28.3 Å². The van der Waals surface area contributed by atoms with E-state index in [0.29, 0.717) is 27.7 Å². The summed E-state index contributed by atoms with van der Waals surface area (Å²) in [5, 5.41) is 20.6. The number of H-pyrrole nitrogens is 1. The number of methoxy groups -OCH3 is 2. The maximum atomic E-state index is 9.82. The molecule has 0 unspecified atom stereocenters. The predicted molar refractivity (Wildman–Crippen MR) is 76.4 cm³/mol. The highest BCUT2D eigenvalue weighted by Gasteiger charge is 2.10. The van der Waals surface area contributed by atoms with Crippen LogP contribution in [-0.4, -0.2) is 40.4 Å². The first-order valence-corrected chi connectivity index (χ1v) is 6.11. The lowest BCUT2D eigenvalue weighted by atomic mass is 10.2. The number of rotatable bonds is 4. The third-order valence-electron chi connectivity index (χ3n) is 2.64. The fourth-order valence-electron chi connectivity index (χ4n) is 1.62. The van der Waals surface area contributed by atoms with Gasteiger partial charge in [-0.1, -0.05) is 0 Å². The number of aromatic hydroxyl groups is 1. The molecule has 0 saturated heterocycles. The first-order valence-electron chi connectivity index (χ1n) is 5.70. The lowest BCUT2D eigenvalue weighted by Gasteiger charge is -2.09. The van der Waals surface area contributed by atoms with Crippen LogP contribution in [0.2, 0.25) is 0 Å². The fourth-order valence-corrected chi connectivity index (χ4v) is 1.84. The summed E-state index contributed by atoms with van der Waals surface area (Å²) in [7, 11) is 2.93. The van der Waals surface area contributed by atoms with Gasteiger partial charge in [-0.15, -0.1) is 0 Å². The van der Waals surface area contributed by atoms with Crippen LogP contribution in [0.1, 0.15) is 11.4 Å². The van der Waals surface area contributed by atoms with Crippen molar-refractivity contribution in [2.75, 3.05) is 14.2 Å². The van der Waals surface area contributed by atoms with Gasteiger partial charge >= 0.3 is 0 Å². The van der Waals surface area contributed by atoms with Gasteiger partial charge in [-0.25, -0.2) is 0 Å². The molecular weight excluding hydrogens is 280 g/mol. The number of benzene rings is 1. The smallest absolute Gasteiger partial charge is 0.216 e. The van der Waals surface area contributed by atoms with E-state index in [1.54, 1.807) is 25.3 Å². The van der Waals surface area contributed by atoms with Crippen molar-refractivity contribution in [3.8, 4) is 17.2 Å². The highest BCUT2D eigenvalue weighted by atomic mass is 32.1. The summed E-state index contributed by atoms with van der Waals surface area (Å²) >= 11 is 5.05. The van der Waals surface area contributed by atoms with Gasteiger partial charge < -0.3 is 14.6 Å². The Balaban J connectivity index is 2.41. The molecule has 0 spiro atoms. The number of aryl methyl sites for hydroxylation is 1. The van der Waals surface area contributed by atoms with Crippen molar-refractivity contribution >= 4 is 18.4 Å². The minimum absolute atomic E-state index is 0.0525. The Bertz CT molecular complexity index is 680. The van der Waals surface area contributed by atoms with Crippen LogP contribution in [0.15, 0.2) is 17.2 Å². The van der Waals surface area contributed by atoms with Gasteiger partial charge in [0.15, 0.2) is 11.5 Å². The molecule has 0 saturated carbocycles. The van der Waals surface area contributed by atoms with Crippen LogP contribution < -0.4 is 9.47 Å². The molecule has 2 aromatic rings. The van der Waals surface area contributed by atoms with Gasteiger partial charge in [0.05, 0.1) is 20.4 Å². The fraction of sp³-hybridized carbons (Fsp3) is 0.250. The molecule has 106 valence electrons. The van der Waals surface area contributed by atoms with Crippen molar-refractivity contribution < 1.29 is 14.6 Å². The molecule has 0 amide bonds. The molecule has 8 heteroatoms. The average Bonchev–Trinajstić information content (AvgIpc) is 2.77. The molecular formula is C12H14N4O3S. The minimum atomic E-state index is -0.0525. The molecule has 0 aliphatic heterocycles. The Labute approximate surface area is 120 Å². The van der Waals surface area contributed by atoms with E-state index in [1.165, 1.54) is 18.9 Å². The molecule has 1 heterocycles. The van der Waals surface area contributed by atoms with Crippen molar-refractivity contribution in [2.24, 2.45) is 5.10 Å². The van der Waals surface area contributed by atoms with Crippen LogP contribution in [0.3, 0.4) is 0 Å². The second kappa shape index (κ2) is 5.74. The van der Waals surface area contributed by atoms with Crippen LogP contribution in [0.5, 0.6) is 17.2 Å². The van der Waals surface area contributed by atoms with Gasteiger partial charge in [-0.2, -0.15) is 14.9 Å². The summed E-state index contributed by atoms with van der Waals surface area (Å²) < 4.78 is 12.0. The Morgan fingerprint density at radius 3 is 2.40 bits per heavy atom. The van der Waals surface area contributed by atoms with Gasteiger partial charge in [0.25, 0.3) is 0 Å². The Hall–Kier alpha value is -2.35. The molecule has 20 heavy (non-hydrogen) atoms. The maximum absolute atomic E-state index is 9.82. The van der Waals surface area contributed by atoms with E-state index in [2.05, 4.69) is 15.3 Å². The third-order valence-corrected chi connectivity index (χ3v) is 2.90. The van der Waals surface area contributed by atoms with Crippen molar-refractivity contribution in [2.45, 2.75) is 6.92 Å². The van der Waals surface area contributed by atoms with Gasteiger partial charge in [0.1, 0.15) is 5.82 Å². The third kappa shape index (κ3) is 2.64. The number of hydrogen-bond donors (Lipinski definition) is 2. The molecule has 0 aliphatic rings. The van der Waals surface area contributed by atoms with Crippen LogP contribution >= 0.6 is 12.2 Å². The van der Waals surface area contributed by atoms with E-state index in [1.807, 2.05) is 0 Å². The number of phenolic OH excluding ortho intramolecular Hbond substituents is 1. The number of hydrogen-bond acceptors (Lipinski definition) is 6. The summed E-state index contributed by atoms with van der Waals surface area (Å²) in [4.78, 5) is 0. The quantitative estimate of drug-likeness (QED) is 0.664. The monoisotopic (exact) mass is 294 g/mol. The minimum Gasteiger partial charge on any atom is -0.502 e. The second-order valence-corrected chi connectivity index (χ2v) is 4.29. The number of nitrogens with one attached hydrogen (secondary N) is 1. The zero-order chi connectivity index (χ0) is 14.7. The number of ether oxygens (including phenoxy) is 2. The van der Waals surface area contributed by atoms with E-state index in [0.717, 1.165) is 0 Å². The standard InChI is InChI=1S/C12H14N4O3S/c1-7-14-15-12(20)16(7)13-6-8-4-9(18-2)11(17)10(5-8)19-3/h4-6,17H,1-3H3,(H,15,20)/b13-6-. The van der Waals surface area contributed by atoms with Crippen molar-refractivity contribution in [1.82, 2.24) is 14.9 Å². The molecule has 0 fully saturated rings. The van der Waals surface area contributed by atoms with E-state index in [9.17, 15) is 5.11 Å². The lowest BCUT2D eigenvalue weighted by molar-refractivity contribution is 0.340. The highest BCUT2D eigenvalue weighted by molar-refractivity contribution is 7.71. The second-order valence-electron chi connectivity index (χ2n) is 3.91. The van der Waals surface area contributed by atoms with Crippen molar-refractivity contribution in [1.29, 1.82) is 0 Å².